The van der Waals surface area contributed by atoms with E-state index in [-0.39, 0.29) is 0 Å². The van der Waals surface area contributed by atoms with Crippen LogP contribution in [0.3, 0.4) is 0 Å². The number of nitrogens with zero attached hydrogens (tertiary/aromatic N) is 5. The number of thioether (sulfide) groups is 1. The topological polar surface area (TPSA) is 94.8 Å². The first-order valence-corrected chi connectivity index (χ1v) is 8.75. The van der Waals surface area contributed by atoms with Crippen LogP contribution in [0.1, 0.15) is 37.3 Å². The number of ether oxygens (including phenoxy) is 1. The van der Waals surface area contributed by atoms with Crippen molar-refractivity contribution in [2.24, 2.45) is 7.05 Å². The van der Waals surface area contributed by atoms with Crippen LogP contribution in [0.2, 0.25) is 0 Å². The lowest BCUT2D eigenvalue weighted by Crippen LogP contribution is -2.12. The lowest BCUT2D eigenvalue weighted by molar-refractivity contribution is 0.168. The van der Waals surface area contributed by atoms with Gasteiger partial charge < -0.3 is 9.30 Å². The molecule has 0 aromatic carbocycles. The predicted molar refractivity (Wildman–Crippen MR) is 83.1 cm³/mol. The Bertz CT molecular complexity index is 666. The average Bonchev–Trinajstić information content (AvgIpc) is 3.13. The Morgan fingerprint density at radius 2 is 2.23 bits per heavy atom. The van der Waals surface area contributed by atoms with E-state index in [9.17, 15) is 4.79 Å². The lowest BCUT2D eigenvalue weighted by Gasteiger charge is -2.01. The molecular formula is C12H16N6O2S2. The molecule has 1 saturated carbocycles. The second-order valence-electron chi connectivity index (χ2n) is 4.81. The summed E-state index contributed by atoms with van der Waals surface area (Å²) >= 11 is 2.83. The summed E-state index contributed by atoms with van der Waals surface area (Å²) < 4.78 is 7.62. The molecule has 1 aliphatic rings. The van der Waals surface area contributed by atoms with Gasteiger partial charge in [-0.2, -0.15) is 0 Å². The van der Waals surface area contributed by atoms with E-state index in [1.165, 1.54) is 35.9 Å². The third-order valence-corrected chi connectivity index (χ3v) is 5.12. The van der Waals surface area contributed by atoms with Crippen molar-refractivity contribution in [3.05, 3.63) is 11.6 Å². The van der Waals surface area contributed by atoms with Crippen LogP contribution in [0.5, 0.6) is 0 Å². The monoisotopic (exact) mass is 340 g/mol. The first kappa shape index (κ1) is 15.2. The van der Waals surface area contributed by atoms with Crippen LogP contribution >= 0.6 is 23.1 Å². The standard InChI is InChI=1S/C12H16N6O2S2/c1-3-20-11(19)13-10-16-17-12(22-10)21-6-8-14-15-9(18(8)2)7-4-5-7/h7H,3-6H2,1-2H3,(H,13,16,19). The molecule has 2 aromatic heterocycles. The van der Waals surface area contributed by atoms with Crippen molar-refractivity contribution in [3.63, 3.8) is 0 Å². The molecule has 0 spiro atoms. The van der Waals surface area contributed by atoms with Gasteiger partial charge in [-0.3, -0.25) is 5.32 Å². The highest BCUT2D eigenvalue weighted by molar-refractivity contribution is 8.00. The minimum Gasteiger partial charge on any atom is -0.450 e. The molecule has 0 bridgehead atoms. The zero-order valence-corrected chi connectivity index (χ0v) is 13.9. The summed E-state index contributed by atoms with van der Waals surface area (Å²) in [6.07, 6.45) is 1.90. The van der Waals surface area contributed by atoms with E-state index in [0.717, 1.165) is 16.0 Å². The molecule has 1 aliphatic carbocycles. The molecule has 1 amide bonds. The van der Waals surface area contributed by atoms with Crippen molar-refractivity contribution in [2.45, 2.75) is 35.8 Å². The maximum atomic E-state index is 11.3. The number of hydrogen-bond donors (Lipinski definition) is 1. The second-order valence-corrected chi connectivity index (χ2v) is 7.01. The van der Waals surface area contributed by atoms with Crippen molar-refractivity contribution in [3.8, 4) is 0 Å². The highest BCUT2D eigenvalue weighted by Gasteiger charge is 2.29. The quantitative estimate of drug-likeness (QED) is 0.637. The van der Waals surface area contributed by atoms with Gasteiger partial charge in [0.2, 0.25) is 5.13 Å². The van der Waals surface area contributed by atoms with E-state index < -0.39 is 6.09 Å². The van der Waals surface area contributed by atoms with E-state index in [0.29, 0.717) is 23.4 Å². The third-order valence-electron chi connectivity index (χ3n) is 3.16. The lowest BCUT2D eigenvalue weighted by atomic mass is 10.4. The summed E-state index contributed by atoms with van der Waals surface area (Å²) in [6.45, 7) is 2.07. The molecular weight excluding hydrogens is 324 g/mol. The van der Waals surface area contributed by atoms with Crippen molar-refractivity contribution in [1.29, 1.82) is 0 Å². The molecule has 0 radical (unpaired) electrons. The van der Waals surface area contributed by atoms with Crippen LogP contribution in [0, 0.1) is 0 Å². The predicted octanol–water partition coefficient (Wildman–Crippen LogP) is 2.40. The van der Waals surface area contributed by atoms with Crippen LogP contribution in [0.15, 0.2) is 4.34 Å². The first-order chi connectivity index (χ1) is 10.7. The Morgan fingerprint density at radius 1 is 1.41 bits per heavy atom. The van der Waals surface area contributed by atoms with Gasteiger partial charge in [-0.15, -0.1) is 20.4 Å². The number of aromatic nitrogens is 5. The number of nitrogens with one attached hydrogen (secondary N) is 1. The van der Waals surface area contributed by atoms with E-state index >= 15 is 0 Å². The minimum atomic E-state index is -0.516. The van der Waals surface area contributed by atoms with Gasteiger partial charge in [0.1, 0.15) is 11.6 Å². The Hall–Kier alpha value is -1.68. The van der Waals surface area contributed by atoms with Gasteiger partial charge in [-0.05, 0) is 19.8 Å². The van der Waals surface area contributed by atoms with Crippen LogP contribution < -0.4 is 5.32 Å². The number of rotatable bonds is 6. The van der Waals surface area contributed by atoms with Gasteiger partial charge in [0, 0.05) is 13.0 Å². The zero-order valence-electron chi connectivity index (χ0n) is 12.3. The van der Waals surface area contributed by atoms with Crippen molar-refractivity contribution in [1.82, 2.24) is 25.0 Å². The van der Waals surface area contributed by atoms with Crippen LogP contribution in [-0.4, -0.2) is 37.7 Å². The number of anilines is 1. The molecule has 0 unspecified atom stereocenters. The largest absolute Gasteiger partial charge is 0.450 e. The highest BCUT2D eigenvalue weighted by atomic mass is 32.2. The summed E-state index contributed by atoms with van der Waals surface area (Å²) in [4.78, 5) is 11.3. The van der Waals surface area contributed by atoms with E-state index in [1.807, 2.05) is 7.05 Å². The molecule has 10 heteroatoms. The first-order valence-electron chi connectivity index (χ1n) is 6.95. The Kier molecular flexibility index (Phi) is 4.57. The van der Waals surface area contributed by atoms with Crippen molar-refractivity contribution in [2.75, 3.05) is 11.9 Å². The summed E-state index contributed by atoms with van der Waals surface area (Å²) in [5.41, 5.74) is 0. The normalized spacial score (nSPS) is 14.1. The molecule has 0 saturated heterocycles. The fourth-order valence-electron chi connectivity index (χ4n) is 1.90. The Labute approximate surface area is 135 Å². The van der Waals surface area contributed by atoms with Crippen LogP contribution in [0.4, 0.5) is 9.93 Å². The molecule has 1 fully saturated rings. The van der Waals surface area contributed by atoms with Crippen LogP contribution in [-0.2, 0) is 17.5 Å². The van der Waals surface area contributed by atoms with E-state index in [1.54, 1.807) is 6.92 Å². The highest BCUT2D eigenvalue weighted by Crippen LogP contribution is 2.39. The molecule has 22 heavy (non-hydrogen) atoms. The van der Waals surface area contributed by atoms with E-state index in [2.05, 4.69) is 30.3 Å². The summed E-state index contributed by atoms with van der Waals surface area (Å²) in [6, 6.07) is 0. The molecule has 8 nitrogen and oxygen atoms in total. The van der Waals surface area contributed by atoms with Gasteiger partial charge in [0.15, 0.2) is 4.34 Å². The Balaban J connectivity index is 1.55. The van der Waals surface area contributed by atoms with E-state index in [4.69, 9.17) is 4.74 Å². The average molecular weight is 340 g/mol. The summed E-state index contributed by atoms with van der Waals surface area (Å²) in [5, 5.41) is 19.4. The van der Waals surface area contributed by atoms with Gasteiger partial charge in [-0.1, -0.05) is 23.1 Å². The maximum absolute atomic E-state index is 11.3. The third kappa shape index (κ3) is 3.55. The number of carbonyl (C=O) groups excluding carboxylic acids is 1. The molecule has 0 aliphatic heterocycles. The number of amides is 1. The zero-order chi connectivity index (χ0) is 15.5. The summed E-state index contributed by atoms with van der Waals surface area (Å²) in [5.74, 6) is 3.24. The Morgan fingerprint density at radius 3 is 2.95 bits per heavy atom. The van der Waals surface area contributed by atoms with Crippen molar-refractivity contribution < 1.29 is 9.53 Å². The van der Waals surface area contributed by atoms with Gasteiger partial charge in [0.25, 0.3) is 0 Å². The molecule has 118 valence electrons. The molecule has 2 heterocycles. The molecule has 1 N–H and O–H groups in total. The van der Waals surface area contributed by atoms with Crippen LogP contribution in [0.25, 0.3) is 0 Å². The molecule has 0 atom stereocenters. The summed E-state index contributed by atoms with van der Waals surface area (Å²) in [7, 11) is 2.00. The van der Waals surface area contributed by atoms with Gasteiger partial charge in [0.05, 0.1) is 12.4 Å². The smallest absolute Gasteiger partial charge is 0.413 e. The second kappa shape index (κ2) is 6.61. The SMILES string of the molecule is CCOC(=O)Nc1nnc(SCc2nnc(C3CC3)n2C)s1. The fourth-order valence-corrected chi connectivity index (χ4v) is 3.61. The maximum Gasteiger partial charge on any atom is 0.413 e. The van der Waals surface area contributed by atoms with Crippen molar-refractivity contribution >= 4 is 34.3 Å². The fraction of sp³-hybridized carbons (Fsp3) is 0.583. The minimum absolute atomic E-state index is 0.321. The van der Waals surface area contributed by atoms with Gasteiger partial charge >= 0.3 is 6.09 Å². The molecule has 2 aromatic rings. The number of carbonyl (C=O) groups is 1. The molecule has 3 rings (SSSR count). The van der Waals surface area contributed by atoms with Gasteiger partial charge in [-0.25, -0.2) is 4.79 Å². The number of hydrogen-bond acceptors (Lipinski definition) is 8.